The Morgan fingerprint density at radius 3 is 2.46 bits per heavy atom. The zero-order valence-corrected chi connectivity index (χ0v) is 16.2. The van der Waals surface area contributed by atoms with Gasteiger partial charge in [0, 0.05) is 50.6 Å². The van der Waals surface area contributed by atoms with E-state index in [1.165, 1.54) is 29.8 Å². The number of hydrogen-bond donors (Lipinski definition) is 1. The molecule has 0 radical (unpaired) electrons. The summed E-state index contributed by atoms with van der Waals surface area (Å²) in [6.45, 7) is 3.90. The average Bonchev–Trinajstić information content (AvgIpc) is 2.89. The van der Waals surface area contributed by atoms with Crippen molar-refractivity contribution >= 4 is 27.4 Å². The molecule has 7 nitrogen and oxygen atoms in total. The first-order valence-electron chi connectivity index (χ1n) is 9.29. The van der Waals surface area contributed by atoms with Gasteiger partial charge in [0.25, 0.3) is 0 Å². The highest BCUT2D eigenvalue weighted by Gasteiger charge is 2.24. The highest BCUT2D eigenvalue weighted by atomic mass is 32.2. The van der Waals surface area contributed by atoms with Gasteiger partial charge >= 0.3 is 6.03 Å². The molecule has 2 heterocycles. The van der Waals surface area contributed by atoms with Crippen molar-refractivity contribution in [1.29, 1.82) is 0 Å². The molecule has 1 N–H and O–H groups in total. The lowest BCUT2D eigenvalue weighted by Crippen LogP contribution is -2.39. The van der Waals surface area contributed by atoms with Gasteiger partial charge in [0.05, 0.1) is 6.26 Å². The third-order valence-electron chi connectivity index (χ3n) is 5.03. The van der Waals surface area contributed by atoms with E-state index >= 15 is 0 Å². The highest BCUT2D eigenvalue weighted by Crippen LogP contribution is 2.23. The van der Waals surface area contributed by atoms with E-state index in [1.54, 1.807) is 4.90 Å². The van der Waals surface area contributed by atoms with Crippen LogP contribution in [0.2, 0.25) is 0 Å². The molecule has 144 valence electrons. The van der Waals surface area contributed by atoms with Gasteiger partial charge < -0.3 is 15.1 Å². The monoisotopic (exact) mass is 380 g/mol. The van der Waals surface area contributed by atoms with Crippen molar-refractivity contribution in [2.24, 2.45) is 0 Å². The number of piperidine rings is 1. The second-order valence-corrected chi connectivity index (χ2v) is 9.01. The lowest BCUT2D eigenvalue weighted by molar-refractivity contribution is 0.214. The van der Waals surface area contributed by atoms with Gasteiger partial charge in [0.15, 0.2) is 0 Å². The highest BCUT2D eigenvalue weighted by molar-refractivity contribution is 7.88. The summed E-state index contributed by atoms with van der Waals surface area (Å²) in [6, 6.07) is 7.79. The zero-order valence-electron chi connectivity index (χ0n) is 15.4. The average molecular weight is 381 g/mol. The van der Waals surface area contributed by atoms with Crippen molar-refractivity contribution in [1.82, 2.24) is 9.21 Å². The maximum atomic E-state index is 12.6. The summed E-state index contributed by atoms with van der Waals surface area (Å²) in [5.41, 5.74) is 1.92. The van der Waals surface area contributed by atoms with E-state index in [0.29, 0.717) is 32.6 Å². The van der Waals surface area contributed by atoms with Crippen LogP contribution < -0.4 is 10.2 Å². The van der Waals surface area contributed by atoms with Gasteiger partial charge in [-0.05, 0) is 43.9 Å². The maximum Gasteiger partial charge on any atom is 0.321 e. The Morgan fingerprint density at radius 1 is 0.962 bits per heavy atom. The van der Waals surface area contributed by atoms with E-state index in [-0.39, 0.29) is 6.03 Å². The van der Waals surface area contributed by atoms with Crippen molar-refractivity contribution in [3.8, 4) is 0 Å². The molecule has 2 saturated heterocycles. The molecule has 0 atom stereocenters. The molecule has 2 fully saturated rings. The van der Waals surface area contributed by atoms with Crippen LogP contribution in [0.3, 0.4) is 0 Å². The number of carbonyl (C=O) groups is 1. The lowest BCUT2D eigenvalue weighted by atomic mass is 10.1. The Labute approximate surface area is 156 Å². The topological polar surface area (TPSA) is 73.0 Å². The molecule has 2 aliphatic rings. The molecule has 0 unspecified atom stereocenters. The number of nitrogens with one attached hydrogen (secondary N) is 1. The summed E-state index contributed by atoms with van der Waals surface area (Å²) in [4.78, 5) is 16.6. The van der Waals surface area contributed by atoms with Gasteiger partial charge in [-0.25, -0.2) is 17.5 Å². The van der Waals surface area contributed by atoms with Crippen molar-refractivity contribution in [2.45, 2.75) is 25.7 Å². The molecular weight excluding hydrogens is 352 g/mol. The molecule has 0 aliphatic carbocycles. The first-order chi connectivity index (χ1) is 12.4. The molecule has 0 bridgehead atoms. The molecule has 2 aliphatic heterocycles. The first kappa shape index (κ1) is 19.0. The standard InChI is InChI=1S/C18H28N4O3S/c1-26(24,25)22-12-6-11-21(13-14-22)18(23)19-16-7-5-8-17(15-16)20-9-3-2-4-10-20/h5,7-8,15H,2-4,6,9-14H2,1H3,(H,19,23). The predicted octanol–water partition coefficient (Wildman–Crippen LogP) is 2.18. The van der Waals surface area contributed by atoms with Gasteiger partial charge in [-0.15, -0.1) is 0 Å². The lowest BCUT2D eigenvalue weighted by Gasteiger charge is -2.29. The first-order valence-corrected chi connectivity index (χ1v) is 11.1. The largest absolute Gasteiger partial charge is 0.371 e. The third-order valence-corrected chi connectivity index (χ3v) is 6.33. The van der Waals surface area contributed by atoms with Gasteiger partial charge in [0.1, 0.15) is 0 Å². The molecule has 0 spiro atoms. The molecule has 1 aromatic rings. The van der Waals surface area contributed by atoms with E-state index in [9.17, 15) is 13.2 Å². The SMILES string of the molecule is CS(=O)(=O)N1CCCN(C(=O)Nc2cccc(N3CCCCC3)c2)CC1. The summed E-state index contributed by atoms with van der Waals surface area (Å²) in [6.07, 6.45) is 5.57. The van der Waals surface area contributed by atoms with Crippen molar-refractivity contribution in [2.75, 3.05) is 55.7 Å². The number of carbonyl (C=O) groups excluding carboxylic acids is 1. The fraction of sp³-hybridized carbons (Fsp3) is 0.611. The van der Waals surface area contributed by atoms with E-state index in [1.807, 2.05) is 18.2 Å². The van der Waals surface area contributed by atoms with E-state index < -0.39 is 10.0 Å². The molecule has 26 heavy (non-hydrogen) atoms. The number of rotatable bonds is 3. The third kappa shape index (κ3) is 4.88. The quantitative estimate of drug-likeness (QED) is 0.872. The van der Waals surface area contributed by atoms with Crippen LogP contribution in [-0.4, -0.2) is 69.2 Å². The number of hydrogen-bond acceptors (Lipinski definition) is 4. The van der Waals surface area contributed by atoms with Crippen LogP contribution in [0.4, 0.5) is 16.2 Å². The van der Waals surface area contributed by atoms with Crippen LogP contribution in [0.1, 0.15) is 25.7 Å². The number of nitrogens with zero attached hydrogens (tertiary/aromatic N) is 3. The van der Waals surface area contributed by atoms with Crippen molar-refractivity contribution in [3.05, 3.63) is 24.3 Å². The summed E-state index contributed by atoms with van der Waals surface area (Å²) < 4.78 is 24.8. The molecule has 2 amide bonds. The van der Waals surface area contributed by atoms with E-state index in [0.717, 1.165) is 24.5 Å². The second-order valence-electron chi connectivity index (χ2n) is 7.03. The maximum absolute atomic E-state index is 12.6. The number of anilines is 2. The van der Waals surface area contributed by atoms with Gasteiger partial charge in [-0.1, -0.05) is 6.07 Å². The minimum atomic E-state index is -3.21. The molecule has 3 rings (SSSR count). The van der Waals surface area contributed by atoms with E-state index in [2.05, 4.69) is 16.3 Å². The normalized spacial score (nSPS) is 19.9. The van der Waals surface area contributed by atoms with E-state index in [4.69, 9.17) is 0 Å². The Hall–Kier alpha value is -1.80. The molecule has 0 saturated carbocycles. The fourth-order valence-electron chi connectivity index (χ4n) is 3.56. The Balaban J connectivity index is 1.61. The number of urea groups is 1. The minimum Gasteiger partial charge on any atom is -0.371 e. The molecule has 8 heteroatoms. The van der Waals surface area contributed by atoms with Gasteiger partial charge in [-0.2, -0.15) is 0 Å². The van der Waals surface area contributed by atoms with Crippen LogP contribution in [0.5, 0.6) is 0 Å². The van der Waals surface area contributed by atoms with Crippen LogP contribution in [0.15, 0.2) is 24.3 Å². The Morgan fingerprint density at radius 2 is 1.73 bits per heavy atom. The molecule has 0 aromatic heterocycles. The number of sulfonamides is 1. The summed E-state index contributed by atoms with van der Waals surface area (Å²) >= 11 is 0. The molecular formula is C18H28N4O3S. The van der Waals surface area contributed by atoms with Crippen LogP contribution in [0.25, 0.3) is 0 Å². The Kier molecular flexibility index (Phi) is 6.03. The van der Waals surface area contributed by atoms with Gasteiger partial charge in [-0.3, -0.25) is 0 Å². The van der Waals surface area contributed by atoms with Crippen molar-refractivity contribution < 1.29 is 13.2 Å². The second kappa shape index (κ2) is 8.26. The zero-order chi connectivity index (χ0) is 18.6. The van der Waals surface area contributed by atoms with Crippen LogP contribution >= 0.6 is 0 Å². The fourth-order valence-corrected chi connectivity index (χ4v) is 4.44. The van der Waals surface area contributed by atoms with Crippen molar-refractivity contribution in [3.63, 3.8) is 0 Å². The van der Waals surface area contributed by atoms with Crippen LogP contribution in [0, 0.1) is 0 Å². The number of benzene rings is 1. The van der Waals surface area contributed by atoms with Gasteiger partial charge in [0.2, 0.25) is 10.0 Å². The Bertz CT molecular complexity index is 732. The minimum absolute atomic E-state index is 0.170. The number of amides is 2. The smallest absolute Gasteiger partial charge is 0.321 e. The summed E-state index contributed by atoms with van der Waals surface area (Å²) in [7, 11) is -3.21. The summed E-state index contributed by atoms with van der Waals surface area (Å²) in [5.74, 6) is 0. The van der Waals surface area contributed by atoms with Crippen LogP contribution in [-0.2, 0) is 10.0 Å². The summed E-state index contributed by atoms with van der Waals surface area (Å²) in [5, 5.41) is 2.96. The molecule has 1 aromatic carbocycles. The predicted molar refractivity (Wildman–Crippen MR) is 104 cm³/mol.